The summed E-state index contributed by atoms with van der Waals surface area (Å²) in [7, 11) is 0. The van der Waals surface area contributed by atoms with E-state index in [1.54, 1.807) is 0 Å². The Hall–Kier alpha value is -0.220. The summed E-state index contributed by atoms with van der Waals surface area (Å²) in [6, 6.07) is 0. The highest BCUT2D eigenvalue weighted by Gasteiger charge is 2.30. The Morgan fingerprint density at radius 1 is 1.38 bits per heavy atom. The molecule has 3 nitrogen and oxygen atoms in total. The lowest BCUT2D eigenvalue weighted by atomic mass is 9.88. The molecule has 0 unspecified atom stereocenters. The van der Waals surface area contributed by atoms with E-state index < -0.39 is 0 Å². The molecule has 0 heterocycles. The zero-order valence-electron chi connectivity index (χ0n) is 10.4. The third-order valence-corrected chi connectivity index (χ3v) is 4.64. The summed E-state index contributed by atoms with van der Waals surface area (Å²) in [5, 5.41) is 3.24. The van der Waals surface area contributed by atoms with E-state index in [4.69, 9.17) is 4.74 Å². The first kappa shape index (κ1) is 13.8. The van der Waals surface area contributed by atoms with Gasteiger partial charge in [0.1, 0.15) is 0 Å². The van der Waals surface area contributed by atoms with E-state index in [2.05, 4.69) is 11.6 Å². The van der Waals surface area contributed by atoms with Gasteiger partial charge >= 0.3 is 5.97 Å². The number of hydrogen-bond acceptors (Lipinski definition) is 4. The number of hydrogen-bond donors (Lipinski definition) is 1. The van der Waals surface area contributed by atoms with Gasteiger partial charge in [-0.1, -0.05) is 19.3 Å². The number of ether oxygens (including phenoxy) is 1. The van der Waals surface area contributed by atoms with Gasteiger partial charge < -0.3 is 10.1 Å². The molecule has 0 spiro atoms. The van der Waals surface area contributed by atoms with Crippen LogP contribution in [-0.2, 0) is 9.53 Å². The predicted molar refractivity (Wildman–Crippen MR) is 68.8 cm³/mol. The SMILES string of the molecule is CCOC(=O)CNCC1(SC)CCCCC1. The van der Waals surface area contributed by atoms with E-state index in [9.17, 15) is 4.79 Å². The maximum absolute atomic E-state index is 11.2. The number of nitrogens with one attached hydrogen (secondary N) is 1. The van der Waals surface area contributed by atoms with E-state index in [0.717, 1.165) is 6.54 Å². The lowest BCUT2D eigenvalue weighted by Crippen LogP contribution is -2.41. The Labute approximate surface area is 103 Å². The molecule has 1 fully saturated rings. The van der Waals surface area contributed by atoms with Crippen molar-refractivity contribution in [3.8, 4) is 0 Å². The van der Waals surface area contributed by atoms with Gasteiger partial charge in [-0.3, -0.25) is 4.79 Å². The van der Waals surface area contributed by atoms with Crippen LogP contribution in [0.3, 0.4) is 0 Å². The number of carbonyl (C=O) groups excluding carboxylic acids is 1. The maximum atomic E-state index is 11.2. The number of carbonyl (C=O) groups is 1. The van der Waals surface area contributed by atoms with Crippen LogP contribution < -0.4 is 5.32 Å². The zero-order chi connectivity index (χ0) is 11.9. The fourth-order valence-corrected chi connectivity index (χ4v) is 3.20. The average molecular weight is 245 g/mol. The molecule has 0 amide bonds. The molecule has 16 heavy (non-hydrogen) atoms. The molecular weight excluding hydrogens is 222 g/mol. The third kappa shape index (κ3) is 4.34. The maximum Gasteiger partial charge on any atom is 0.319 e. The third-order valence-electron chi connectivity index (χ3n) is 3.22. The van der Waals surface area contributed by atoms with Crippen molar-refractivity contribution in [3.05, 3.63) is 0 Å². The van der Waals surface area contributed by atoms with Crippen molar-refractivity contribution < 1.29 is 9.53 Å². The van der Waals surface area contributed by atoms with Crippen LogP contribution >= 0.6 is 11.8 Å². The number of thioether (sulfide) groups is 1. The van der Waals surface area contributed by atoms with Crippen molar-refractivity contribution in [2.45, 2.75) is 43.8 Å². The number of rotatable bonds is 6. The molecule has 0 bridgehead atoms. The van der Waals surface area contributed by atoms with Crippen molar-refractivity contribution in [3.63, 3.8) is 0 Å². The molecule has 1 rings (SSSR count). The highest BCUT2D eigenvalue weighted by Crippen LogP contribution is 2.37. The summed E-state index contributed by atoms with van der Waals surface area (Å²) in [4.78, 5) is 11.2. The molecular formula is C12H23NO2S. The standard InChI is InChI=1S/C12H23NO2S/c1-3-15-11(14)9-13-10-12(16-2)7-5-4-6-8-12/h13H,3-10H2,1-2H3. The molecule has 0 atom stereocenters. The summed E-state index contributed by atoms with van der Waals surface area (Å²) in [6.07, 6.45) is 8.72. The smallest absolute Gasteiger partial charge is 0.319 e. The fourth-order valence-electron chi connectivity index (χ4n) is 2.25. The van der Waals surface area contributed by atoms with Gasteiger partial charge in [0, 0.05) is 11.3 Å². The van der Waals surface area contributed by atoms with Crippen LogP contribution in [0, 0.1) is 0 Å². The van der Waals surface area contributed by atoms with Gasteiger partial charge in [0.25, 0.3) is 0 Å². The molecule has 1 saturated carbocycles. The highest BCUT2D eigenvalue weighted by atomic mass is 32.2. The monoisotopic (exact) mass is 245 g/mol. The van der Waals surface area contributed by atoms with Gasteiger partial charge in [0.2, 0.25) is 0 Å². The first-order valence-corrected chi connectivity index (χ1v) is 7.36. The van der Waals surface area contributed by atoms with E-state index in [-0.39, 0.29) is 5.97 Å². The lowest BCUT2D eigenvalue weighted by Gasteiger charge is -2.35. The first-order valence-electron chi connectivity index (χ1n) is 6.14. The van der Waals surface area contributed by atoms with Gasteiger partial charge in [-0.15, -0.1) is 0 Å². The number of esters is 1. The molecule has 4 heteroatoms. The Bertz CT molecular complexity index is 215. The summed E-state index contributed by atoms with van der Waals surface area (Å²) >= 11 is 1.94. The molecule has 0 aromatic rings. The second-order valence-electron chi connectivity index (χ2n) is 4.36. The van der Waals surface area contributed by atoms with E-state index >= 15 is 0 Å². The van der Waals surface area contributed by atoms with Crippen molar-refractivity contribution in [1.82, 2.24) is 5.32 Å². The van der Waals surface area contributed by atoms with Crippen LogP contribution in [0.5, 0.6) is 0 Å². The normalized spacial score (nSPS) is 19.4. The summed E-state index contributed by atoms with van der Waals surface area (Å²) < 4.78 is 5.24. The molecule has 1 aliphatic rings. The van der Waals surface area contributed by atoms with Gasteiger partial charge in [0.15, 0.2) is 0 Å². The highest BCUT2D eigenvalue weighted by molar-refractivity contribution is 8.00. The molecule has 0 aromatic carbocycles. The van der Waals surface area contributed by atoms with Gasteiger partial charge in [-0.2, -0.15) is 11.8 Å². The largest absolute Gasteiger partial charge is 0.465 e. The summed E-state index contributed by atoms with van der Waals surface area (Å²) in [5.41, 5.74) is 0. The molecule has 1 aliphatic carbocycles. The molecule has 0 aliphatic heterocycles. The van der Waals surface area contributed by atoms with E-state index in [1.807, 2.05) is 18.7 Å². The summed E-state index contributed by atoms with van der Waals surface area (Å²) in [5.74, 6) is -0.144. The van der Waals surface area contributed by atoms with Gasteiger partial charge in [-0.05, 0) is 26.0 Å². The fraction of sp³-hybridized carbons (Fsp3) is 0.917. The van der Waals surface area contributed by atoms with Crippen molar-refractivity contribution in [1.29, 1.82) is 0 Å². The van der Waals surface area contributed by atoms with Gasteiger partial charge in [-0.25, -0.2) is 0 Å². The Balaban J connectivity index is 2.25. The average Bonchev–Trinajstić information content (AvgIpc) is 2.31. The molecule has 1 N–H and O–H groups in total. The summed E-state index contributed by atoms with van der Waals surface area (Å²) in [6.45, 7) is 3.57. The second kappa shape index (κ2) is 7.17. The lowest BCUT2D eigenvalue weighted by molar-refractivity contribution is -0.142. The molecule has 0 saturated heterocycles. The Morgan fingerprint density at radius 3 is 2.62 bits per heavy atom. The van der Waals surface area contributed by atoms with Crippen LogP contribution in [0.2, 0.25) is 0 Å². The topological polar surface area (TPSA) is 38.3 Å². The van der Waals surface area contributed by atoms with Crippen LogP contribution in [0.25, 0.3) is 0 Å². The minimum Gasteiger partial charge on any atom is -0.465 e. The Morgan fingerprint density at radius 2 is 2.06 bits per heavy atom. The van der Waals surface area contributed by atoms with Crippen LogP contribution in [0.1, 0.15) is 39.0 Å². The molecule has 94 valence electrons. The van der Waals surface area contributed by atoms with Gasteiger partial charge in [0.05, 0.1) is 13.2 Å². The van der Waals surface area contributed by atoms with Crippen LogP contribution in [-0.4, -0.2) is 36.7 Å². The predicted octanol–water partition coefficient (Wildman–Crippen LogP) is 2.20. The minimum absolute atomic E-state index is 0.144. The molecule has 0 radical (unpaired) electrons. The van der Waals surface area contributed by atoms with Crippen LogP contribution in [0.15, 0.2) is 0 Å². The van der Waals surface area contributed by atoms with E-state index in [1.165, 1.54) is 32.1 Å². The van der Waals surface area contributed by atoms with Crippen molar-refractivity contribution in [2.75, 3.05) is 26.0 Å². The zero-order valence-corrected chi connectivity index (χ0v) is 11.2. The van der Waals surface area contributed by atoms with Crippen molar-refractivity contribution >= 4 is 17.7 Å². The first-order chi connectivity index (χ1) is 7.72. The minimum atomic E-state index is -0.144. The Kier molecular flexibility index (Phi) is 6.21. The molecule has 0 aromatic heterocycles. The van der Waals surface area contributed by atoms with Crippen molar-refractivity contribution in [2.24, 2.45) is 0 Å². The second-order valence-corrected chi connectivity index (χ2v) is 5.63. The van der Waals surface area contributed by atoms with Crippen LogP contribution in [0.4, 0.5) is 0 Å². The van der Waals surface area contributed by atoms with E-state index in [0.29, 0.717) is 17.9 Å². The quantitative estimate of drug-likeness (QED) is 0.728.